The second-order valence-corrected chi connectivity index (χ2v) is 6.69. The Hall–Kier alpha value is -1.16. The van der Waals surface area contributed by atoms with Crippen molar-refractivity contribution >= 4 is 5.82 Å². The molecule has 1 aromatic rings. The molecule has 0 amide bonds. The fourth-order valence-electron chi connectivity index (χ4n) is 3.77. The van der Waals surface area contributed by atoms with Crippen LogP contribution in [0.2, 0.25) is 0 Å². The SMILES string of the molecule is CCc1cc(NC2CCN(CC3CCCC3)C2)nc(C)n1. The largest absolute Gasteiger partial charge is 0.366 e. The fourth-order valence-corrected chi connectivity index (χ4v) is 3.77. The van der Waals surface area contributed by atoms with Crippen LogP contribution in [-0.2, 0) is 6.42 Å². The lowest BCUT2D eigenvalue weighted by atomic mass is 10.1. The van der Waals surface area contributed by atoms with Gasteiger partial charge in [0, 0.05) is 37.4 Å². The topological polar surface area (TPSA) is 41.0 Å². The maximum absolute atomic E-state index is 4.53. The van der Waals surface area contributed by atoms with Crippen LogP contribution < -0.4 is 5.32 Å². The molecule has 0 radical (unpaired) electrons. The average Bonchev–Trinajstić information content (AvgIpc) is 3.11. The van der Waals surface area contributed by atoms with Crippen molar-refractivity contribution in [3.05, 3.63) is 17.6 Å². The van der Waals surface area contributed by atoms with Crippen molar-refractivity contribution in [3.63, 3.8) is 0 Å². The molecule has 0 spiro atoms. The number of hydrogen-bond donors (Lipinski definition) is 1. The van der Waals surface area contributed by atoms with Gasteiger partial charge in [-0.15, -0.1) is 0 Å². The number of likely N-dealkylation sites (tertiary alicyclic amines) is 1. The number of hydrogen-bond acceptors (Lipinski definition) is 4. The van der Waals surface area contributed by atoms with Gasteiger partial charge in [-0.1, -0.05) is 19.8 Å². The molecular formula is C17H28N4. The molecule has 1 aromatic heterocycles. The van der Waals surface area contributed by atoms with E-state index >= 15 is 0 Å². The summed E-state index contributed by atoms with van der Waals surface area (Å²) in [6.45, 7) is 7.83. The number of aryl methyl sites for hydroxylation is 2. The molecule has 1 saturated carbocycles. The number of rotatable bonds is 5. The predicted molar refractivity (Wildman–Crippen MR) is 86.6 cm³/mol. The van der Waals surface area contributed by atoms with Crippen LogP contribution in [0, 0.1) is 12.8 Å². The van der Waals surface area contributed by atoms with Crippen LogP contribution in [0.15, 0.2) is 6.07 Å². The van der Waals surface area contributed by atoms with Gasteiger partial charge in [0.05, 0.1) is 0 Å². The van der Waals surface area contributed by atoms with Crippen molar-refractivity contribution in [2.75, 3.05) is 25.0 Å². The summed E-state index contributed by atoms with van der Waals surface area (Å²) in [5, 5.41) is 3.62. The predicted octanol–water partition coefficient (Wildman–Crippen LogP) is 3.02. The summed E-state index contributed by atoms with van der Waals surface area (Å²) in [6.07, 6.45) is 7.98. The van der Waals surface area contributed by atoms with Crippen LogP contribution in [-0.4, -0.2) is 40.5 Å². The molecule has 1 aliphatic heterocycles. The Morgan fingerprint density at radius 1 is 1.24 bits per heavy atom. The fraction of sp³-hybridized carbons (Fsp3) is 0.765. The van der Waals surface area contributed by atoms with Gasteiger partial charge in [0.2, 0.25) is 0 Å². The molecule has 3 rings (SSSR count). The molecule has 0 bridgehead atoms. The van der Waals surface area contributed by atoms with Gasteiger partial charge in [0.1, 0.15) is 11.6 Å². The Morgan fingerprint density at radius 2 is 2.05 bits per heavy atom. The second kappa shape index (κ2) is 6.73. The van der Waals surface area contributed by atoms with Crippen LogP contribution >= 0.6 is 0 Å². The lowest BCUT2D eigenvalue weighted by Gasteiger charge is -2.20. The normalized spacial score (nSPS) is 23.8. The van der Waals surface area contributed by atoms with Crippen molar-refractivity contribution in [3.8, 4) is 0 Å². The maximum atomic E-state index is 4.53. The Labute approximate surface area is 128 Å². The van der Waals surface area contributed by atoms with Gasteiger partial charge in [0.15, 0.2) is 0 Å². The molecule has 1 N–H and O–H groups in total. The van der Waals surface area contributed by atoms with Crippen LogP contribution in [0.5, 0.6) is 0 Å². The third-order valence-electron chi connectivity index (χ3n) is 4.87. The molecule has 4 nitrogen and oxygen atoms in total. The van der Waals surface area contributed by atoms with Gasteiger partial charge >= 0.3 is 0 Å². The number of anilines is 1. The highest BCUT2D eigenvalue weighted by atomic mass is 15.2. The van der Waals surface area contributed by atoms with Crippen LogP contribution in [0.4, 0.5) is 5.82 Å². The summed E-state index contributed by atoms with van der Waals surface area (Å²) in [5.74, 6) is 2.83. The first-order valence-electron chi connectivity index (χ1n) is 8.56. The van der Waals surface area contributed by atoms with Crippen molar-refractivity contribution in [2.45, 2.75) is 58.4 Å². The Bertz CT molecular complexity index is 468. The summed E-state index contributed by atoms with van der Waals surface area (Å²) in [6, 6.07) is 2.65. The summed E-state index contributed by atoms with van der Waals surface area (Å²) in [7, 11) is 0. The summed E-state index contributed by atoms with van der Waals surface area (Å²) in [5.41, 5.74) is 1.13. The third-order valence-corrected chi connectivity index (χ3v) is 4.87. The lowest BCUT2D eigenvalue weighted by Crippen LogP contribution is -2.30. The van der Waals surface area contributed by atoms with Gasteiger partial charge in [0.25, 0.3) is 0 Å². The Kier molecular flexibility index (Phi) is 4.73. The van der Waals surface area contributed by atoms with Gasteiger partial charge in [-0.3, -0.25) is 0 Å². The standard InChI is InChI=1S/C17H28N4/c1-3-15-10-17(19-13(2)18-15)20-16-8-9-21(12-16)11-14-6-4-5-7-14/h10,14,16H,3-9,11-12H2,1-2H3,(H,18,19,20). The Morgan fingerprint density at radius 3 is 2.81 bits per heavy atom. The van der Waals surface area contributed by atoms with E-state index in [4.69, 9.17) is 0 Å². The zero-order valence-electron chi connectivity index (χ0n) is 13.4. The van der Waals surface area contributed by atoms with Crippen molar-refractivity contribution < 1.29 is 0 Å². The first kappa shape index (κ1) is 14.8. The van der Waals surface area contributed by atoms with Crippen molar-refractivity contribution in [1.82, 2.24) is 14.9 Å². The second-order valence-electron chi connectivity index (χ2n) is 6.69. The van der Waals surface area contributed by atoms with E-state index in [0.29, 0.717) is 6.04 Å². The molecule has 1 atom stereocenters. The molecule has 21 heavy (non-hydrogen) atoms. The molecular weight excluding hydrogens is 260 g/mol. The quantitative estimate of drug-likeness (QED) is 0.904. The first-order valence-corrected chi connectivity index (χ1v) is 8.56. The monoisotopic (exact) mass is 288 g/mol. The highest BCUT2D eigenvalue weighted by Gasteiger charge is 2.26. The van der Waals surface area contributed by atoms with Gasteiger partial charge < -0.3 is 10.2 Å². The van der Waals surface area contributed by atoms with E-state index in [2.05, 4.69) is 33.2 Å². The molecule has 2 aliphatic rings. The minimum atomic E-state index is 0.547. The van der Waals surface area contributed by atoms with Crippen molar-refractivity contribution in [1.29, 1.82) is 0 Å². The number of aromatic nitrogens is 2. The average molecular weight is 288 g/mol. The highest BCUT2D eigenvalue weighted by molar-refractivity contribution is 5.37. The highest BCUT2D eigenvalue weighted by Crippen LogP contribution is 2.27. The first-order chi connectivity index (χ1) is 10.2. The molecule has 1 unspecified atom stereocenters. The molecule has 116 valence electrons. The molecule has 4 heteroatoms. The summed E-state index contributed by atoms with van der Waals surface area (Å²) >= 11 is 0. The molecule has 1 aliphatic carbocycles. The van der Waals surface area contributed by atoms with Crippen LogP contribution in [0.25, 0.3) is 0 Å². The van der Waals surface area contributed by atoms with Crippen molar-refractivity contribution in [2.24, 2.45) is 5.92 Å². The van der Waals surface area contributed by atoms with E-state index in [1.165, 1.54) is 51.7 Å². The zero-order chi connectivity index (χ0) is 14.7. The molecule has 0 aromatic carbocycles. The van der Waals surface area contributed by atoms with E-state index in [1.807, 2.05) is 6.92 Å². The van der Waals surface area contributed by atoms with E-state index in [9.17, 15) is 0 Å². The minimum Gasteiger partial charge on any atom is -0.366 e. The van der Waals surface area contributed by atoms with Crippen LogP contribution in [0.1, 0.15) is 50.5 Å². The molecule has 1 saturated heterocycles. The van der Waals surface area contributed by atoms with Crippen LogP contribution in [0.3, 0.4) is 0 Å². The number of nitrogens with one attached hydrogen (secondary N) is 1. The molecule has 2 fully saturated rings. The third kappa shape index (κ3) is 3.94. The summed E-state index contributed by atoms with van der Waals surface area (Å²) in [4.78, 5) is 11.6. The number of nitrogens with zero attached hydrogens (tertiary/aromatic N) is 3. The maximum Gasteiger partial charge on any atom is 0.130 e. The van der Waals surface area contributed by atoms with Gasteiger partial charge in [-0.2, -0.15) is 0 Å². The lowest BCUT2D eigenvalue weighted by molar-refractivity contribution is 0.278. The van der Waals surface area contributed by atoms with E-state index in [1.54, 1.807) is 0 Å². The van der Waals surface area contributed by atoms with Gasteiger partial charge in [-0.05, 0) is 38.5 Å². The smallest absolute Gasteiger partial charge is 0.130 e. The summed E-state index contributed by atoms with van der Waals surface area (Å²) < 4.78 is 0. The van der Waals surface area contributed by atoms with E-state index < -0.39 is 0 Å². The minimum absolute atomic E-state index is 0.547. The van der Waals surface area contributed by atoms with E-state index in [-0.39, 0.29) is 0 Å². The van der Waals surface area contributed by atoms with E-state index in [0.717, 1.165) is 29.7 Å². The Balaban J connectivity index is 1.53. The molecule has 2 heterocycles. The van der Waals surface area contributed by atoms with Gasteiger partial charge in [-0.25, -0.2) is 9.97 Å². The zero-order valence-corrected chi connectivity index (χ0v) is 13.4.